The molecule has 2 aromatic heterocycles. The first-order valence-electron chi connectivity index (χ1n) is 11.8. The van der Waals surface area contributed by atoms with Crippen LogP contribution in [-0.4, -0.2) is 51.1 Å². The molecule has 2 fully saturated rings. The van der Waals surface area contributed by atoms with Crippen LogP contribution < -0.4 is 14.8 Å². The van der Waals surface area contributed by atoms with Crippen LogP contribution in [0.3, 0.4) is 0 Å². The van der Waals surface area contributed by atoms with Crippen LogP contribution in [0, 0.1) is 5.92 Å². The molecule has 0 spiro atoms. The lowest BCUT2D eigenvalue weighted by molar-refractivity contribution is 0.197. The Bertz CT molecular complexity index is 1210. The van der Waals surface area contributed by atoms with Crippen molar-refractivity contribution in [3.8, 4) is 17.6 Å². The minimum Gasteiger partial charge on any atom is -0.480 e. The highest BCUT2D eigenvalue weighted by molar-refractivity contribution is 5.88. The quantitative estimate of drug-likeness (QED) is 0.544. The Hall–Kier alpha value is -4.01. The number of methoxy groups -OCH3 is 1. The van der Waals surface area contributed by atoms with E-state index in [9.17, 15) is 4.79 Å². The molecule has 180 valence electrons. The largest absolute Gasteiger partial charge is 0.480 e. The number of aromatic nitrogens is 4. The number of anilines is 1. The van der Waals surface area contributed by atoms with Crippen LogP contribution in [-0.2, 0) is 0 Å². The van der Waals surface area contributed by atoms with Crippen LogP contribution in [0.4, 0.5) is 10.6 Å². The number of nitrogens with zero attached hydrogens (tertiary/aromatic N) is 5. The average Bonchev–Trinajstić information content (AvgIpc) is 3.72. The van der Waals surface area contributed by atoms with Crippen molar-refractivity contribution in [3.63, 3.8) is 0 Å². The minimum absolute atomic E-state index is 0.182. The van der Waals surface area contributed by atoms with E-state index in [2.05, 4.69) is 38.3 Å². The number of hydrogen-bond acceptors (Lipinski definition) is 7. The summed E-state index contributed by atoms with van der Waals surface area (Å²) in [6.07, 6.45) is 12.1. The summed E-state index contributed by atoms with van der Waals surface area (Å²) in [5, 5.41) is 2.80. The fraction of sp³-hybridized carbons (Fsp3) is 0.346. The first kappa shape index (κ1) is 22.8. The van der Waals surface area contributed by atoms with Gasteiger partial charge >= 0.3 is 12.0 Å². The van der Waals surface area contributed by atoms with Gasteiger partial charge in [0.1, 0.15) is 5.75 Å². The maximum Gasteiger partial charge on any atom is 0.323 e. The maximum atomic E-state index is 12.7. The first-order valence-corrected chi connectivity index (χ1v) is 11.8. The van der Waals surface area contributed by atoms with E-state index < -0.39 is 0 Å². The molecule has 5 rings (SSSR count). The van der Waals surface area contributed by atoms with Crippen molar-refractivity contribution in [2.45, 2.75) is 32.1 Å². The van der Waals surface area contributed by atoms with Crippen molar-refractivity contribution in [3.05, 3.63) is 65.8 Å². The van der Waals surface area contributed by atoms with E-state index in [1.54, 1.807) is 4.90 Å². The van der Waals surface area contributed by atoms with Crippen LogP contribution in [0.15, 0.2) is 54.6 Å². The number of amides is 2. The van der Waals surface area contributed by atoms with Gasteiger partial charge < -0.3 is 14.4 Å². The lowest BCUT2D eigenvalue weighted by Crippen LogP contribution is -2.42. The Morgan fingerprint density at radius 3 is 2.63 bits per heavy atom. The van der Waals surface area contributed by atoms with E-state index >= 15 is 0 Å². The highest BCUT2D eigenvalue weighted by atomic mass is 16.5. The number of urea groups is 1. The summed E-state index contributed by atoms with van der Waals surface area (Å²) in [6, 6.07) is 8.07. The number of ether oxygens (including phenoxy) is 2. The molecule has 9 nitrogen and oxygen atoms in total. The molecule has 1 saturated carbocycles. The summed E-state index contributed by atoms with van der Waals surface area (Å²) >= 11 is 0. The molecule has 1 N–H and O–H groups in total. The van der Waals surface area contributed by atoms with E-state index in [1.165, 1.54) is 43.5 Å². The molecule has 2 amide bonds. The third-order valence-electron chi connectivity index (χ3n) is 6.27. The van der Waals surface area contributed by atoms with Crippen LogP contribution in [0.5, 0.6) is 17.6 Å². The summed E-state index contributed by atoms with van der Waals surface area (Å²) in [6.45, 7) is 3.38. The number of benzene rings is 1. The molecule has 35 heavy (non-hydrogen) atoms. The van der Waals surface area contributed by atoms with E-state index in [0.29, 0.717) is 42.5 Å². The summed E-state index contributed by atoms with van der Waals surface area (Å²) < 4.78 is 10.9. The van der Waals surface area contributed by atoms with Gasteiger partial charge in [0, 0.05) is 25.5 Å². The van der Waals surface area contributed by atoms with E-state index in [4.69, 9.17) is 9.47 Å². The van der Waals surface area contributed by atoms with Gasteiger partial charge in [-0.05, 0) is 54.4 Å². The maximum absolute atomic E-state index is 12.7. The third-order valence-corrected chi connectivity index (χ3v) is 6.27. The Morgan fingerprint density at radius 2 is 1.94 bits per heavy atom. The molecular formula is C26H28N6O3. The fourth-order valence-corrected chi connectivity index (χ4v) is 4.12. The zero-order chi connectivity index (χ0) is 24.2. The number of carbonyl (C=O) groups excluding carboxylic acids is 1. The molecule has 9 heteroatoms. The van der Waals surface area contributed by atoms with Gasteiger partial charge in [-0.25, -0.2) is 24.7 Å². The zero-order valence-electron chi connectivity index (χ0n) is 19.8. The lowest BCUT2D eigenvalue weighted by Gasteiger charge is -2.33. The number of hydrogen-bond donors (Lipinski definition) is 1. The van der Waals surface area contributed by atoms with Gasteiger partial charge in [-0.2, -0.15) is 0 Å². The second-order valence-corrected chi connectivity index (χ2v) is 8.94. The Kier molecular flexibility index (Phi) is 6.56. The molecular weight excluding hydrogens is 444 g/mol. The summed E-state index contributed by atoms with van der Waals surface area (Å²) in [7, 11) is 1.52. The Labute approximate surface area is 204 Å². The van der Waals surface area contributed by atoms with Crippen LogP contribution >= 0.6 is 0 Å². The minimum atomic E-state index is -0.182. The SMILES string of the molecule is COc1cnc(NC(=O)N2CC/C(=C\c3cccc(Oc4ncc(C5CC5)cn4)c3)C(C)C2)cn1. The number of nitrogens with one attached hydrogen (secondary N) is 1. The average molecular weight is 473 g/mol. The third kappa shape index (κ3) is 5.74. The second kappa shape index (κ2) is 10.1. The lowest BCUT2D eigenvalue weighted by atomic mass is 9.91. The van der Waals surface area contributed by atoms with E-state index in [0.717, 1.165) is 12.0 Å². The van der Waals surface area contributed by atoms with Gasteiger partial charge in [-0.15, -0.1) is 0 Å². The highest BCUT2D eigenvalue weighted by Gasteiger charge is 2.25. The second-order valence-electron chi connectivity index (χ2n) is 8.94. The van der Waals surface area contributed by atoms with Crippen molar-refractivity contribution in [2.75, 3.05) is 25.5 Å². The van der Waals surface area contributed by atoms with Gasteiger partial charge in [-0.1, -0.05) is 30.7 Å². The van der Waals surface area contributed by atoms with Crippen LogP contribution in [0.1, 0.15) is 43.2 Å². The number of carbonyl (C=O) groups is 1. The highest BCUT2D eigenvalue weighted by Crippen LogP contribution is 2.39. The van der Waals surface area contributed by atoms with Crippen LogP contribution in [0.25, 0.3) is 6.08 Å². The predicted molar refractivity (Wildman–Crippen MR) is 131 cm³/mol. The van der Waals surface area contributed by atoms with Gasteiger partial charge in [0.15, 0.2) is 5.82 Å². The Morgan fingerprint density at radius 1 is 1.11 bits per heavy atom. The zero-order valence-corrected chi connectivity index (χ0v) is 19.8. The summed E-state index contributed by atoms with van der Waals surface area (Å²) in [5.41, 5.74) is 3.52. The molecule has 0 bridgehead atoms. The fourth-order valence-electron chi connectivity index (χ4n) is 4.12. The summed E-state index contributed by atoms with van der Waals surface area (Å²) in [4.78, 5) is 31.4. The topological polar surface area (TPSA) is 102 Å². The number of likely N-dealkylation sites (tertiary alicyclic amines) is 1. The van der Waals surface area contributed by atoms with Gasteiger partial charge in [-0.3, -0.25) is 5.32 Å². The van der Waals surface area contributed by atoms with Gasteiger partial charge in [0.25, 0.3) is 0 Å². The molecule has 1 unspecified atom stereocenters. The van der Waals surface area contributed by atoms with Gasteiger partial charge in [0.05, 0.1) is 19.5 Å². The Balaban J connectivity index is 1.19. The van der Waals surface area contributed by atoms with Crippen LogP contribution in [0.2, 0.25) is 0 Å². The molecule has 1 aromatic carbocycles. The van der Waals surface area contributed by atoms with E-state index in [-0.39, 0.29) is 11.9 Å². The molecule has 2 aliphatic rings. The number of rotatable bonds is 6. The monoisotopic (exact) mass is 472 g/mol. The molecule has 1 atom stereocenters. The normalized spacial score (nSPS) is 18.9. The molecule has 1 aliphatic carbocycles. The predicted octanol–water partition coefficient (Wildman–Crippen LogP) is 4.90. The van der Waals surface area contributed by atoms with Crippen molar-refractivity contribution >= 4 is 17.9 Å². The van der Waals surface area contributed by atoms with E-state index in [1.807, 2.05) is 36.7 Å². The number of piperidine rings is 1. The smallest absolute Gasteiger partial charge is 0.323 e. The van der Waals surface area contributed by atoms with Crippen molar-refractivity contribution in [1.29, 1.82) is 0 Å². The van der Waals surface area contributed by atoms with Crippen molar-refractivity contribution in [1.82, 2.24) is 24.8 Å². The standard InChI is InChI=1S/C26H28N6O3/c1-17-16-32(26(33)31-23-14-28-24(34-2)15-27-23)9-8-20(17)10-18-4-3-5-22(11-18)35-25-29-12-21(13-30-25)19-6-7-19/h3-5,10-15,17,19H,6-9,16H2,1-2H3,(H,27,31,33)/b20-10+. The molecule has 3 aromatic rings. The van der Waals surface area contributed by atoms with Crippen molar-refractivity contribution in [2.24, 2.45) is 5.92 Å². The molecule has 1 aliphatic heterocycles. The van der Waals surface area contributed by atoms with Gasteiger partial charge in [0.2, 0.25) is 5.88 Å². The first-order chi connectivity index (χ1) is 17.1. The van der Waals surface area contributed by atoms with Crippen molar-refractivity contribution < 1.29 is 14.3 Å². The summed E-state index contributed by atoms with van der Waals surface area (Å²) in [5.74, 6) is 2.34. The molecule has 3 heterocycles. The molecule has 0 radical (unpaired) electrons. The molecule has 1 saturated heterocycles.